The van der Waals surface area contributed by atoms with Crippen LogP contribution in [0.5, 0.6) is 0 Å². The normalized spacial score (nSPS) is 47.8. The van der Waals surface area contributed by atoms with Crippen molar-refractivity contribution in [2.24, 2.45) is 11.8 Å². The molecule has 0 aromatic heterocycles. The van der Waals surface area contributed by atoms with E-state index in [2.05, 4.69) is 12.2 Å². The van der Waals surface area contributed by atoms with Gasteiger partial charge in [-0.05, 0) is 46.5 Å². The molecule has 6 atom stereocenters. The summed E-state index contributed by atoms with van der Waals surface area (Å²) in [7, 11) is 1.82. The maximum atomic E-state index is 12.7. The van der Waals surface area contributed by atoms with Crippen molar-refractivity contribution in [2.45, 2.75) is 69.8 Å². The Hall–Kier alpha value is -0.870. The van der Waals surface area contributed by atoms with E-state index >= 15 is 0 Å². The highest BCUT2D eigenvalue weighted by molar-refractivity contribution is 5.85. The quantitative estimate of drug-likeness (QED) is 0.793. The molecule has 0 radical (unpaired) electrons. The zero-order valence-corrected chi connectivity index (χ0v) is 13.5. The Labute approximate surface area is 127 Å². The second kappa shape index (κ2) is 4.82. The lowest BCUT2D eigenvalue weighted by Crippen LogP contribution is -2.64. The van der Waals surface area contributed by atoms with Crippen molar-refractivity contribution in [2.75, 3.05) is 7.05 Å². The van der Waals surface area contributed by atoms with Crippen molar-refractivity contribution in [3.8, 4) is 0 Å². The van der Waals surface area contributed by atoms with Gasteiger partial charge in [0, 0.05) is 13.0 Å². The number of likely N-dealkylation sites (tertiary alicyclic amines) is 1. The minimum Gasteiger partial charge on any atom is -0.390 e. The summed E-state index contributed by atoms with van der Waals surface area (Å²) in [6, 6.07) is 0. The van der Waals surface area contributed by atoms with E-state index in [0.717, 1.165) is 25.7 Å². The number of ether oxygens (including phenoxy) is 1. The molecule has 0 spiro atoms. The van der Waals surface area contributed by atoms with E-state index in [1.54, 1.807) is 4.90 Å². The molecular formula is C17H27NO3. The number of fused-ring (bicyclic) bond motifs is 1. The Kier molecular flexibility index (Phi) is 3.45. The van der Waals surface area contributed by atoms with Crippen LogP contribution in [-0.2, 0) is 9.53 Å². The van der Waals surface area contributed by atoms with Crippen LogP contribution in [0, 0.1) is 11.8 Å². The van der Waals surface area contributed by atoms with E-state index in [-0.39, 0.29) is 23.8 Å². The fraction of sp³-hybridized carbons (Fsp3) is 0.824. The zero-order chi connectivity index (χ0) is 15.4. The van der Waals surface area contributed by atoms with Gasteiger partial charge in [0.05, 0.1) is 23.7 Å². The molecule has 2 saturated heterocycles. The minimum atomic E-state index is -0.675. The topological polar surface area (TPSA) is 49.8 Å². The van der Waals surface area contributed by atoms with Gasteiger partial charge in [0.2, 0.25) is 5.91 Å². The predicted octanol–water partition coefficient (Wildman–Crippen LogP) is 2.12. The molecule has 2 fully saturated rings. The monoisotopic (exact) mass is 293 g/mol. The lowest BCUT2D eigenvalue weighted by Gasteiger charge is -2.48. The average Bonchev–Trinajstić information content (AvgIpc) is 2.86. The summed E-state index contributed by atoms with van der Waals surface area (Å²) >= 11 is 0. The van der Waals surface area contributed by atoms with Crippen LogP contribution in [-0.4, -0.2) is 46.3 Å². The van der Waals surface area contributed by atoms with Crippen LogP contribution in [0.3, 0.4) is 0 Å². The molecule has 1 amide bonds. The van der Waals surface area contributed by atoms with Crippen LogP contribution in [0.4, 0.5) is 0 Å². The lowest BCUT2D eigenvalue weighted by atomic mass is 9.70. The number of aliphatic hydroxyl groups excluding tert-OH is 1. The van der Waals surface area contributed by atoms with Gasteiger partial charge in [-0.2, -0.15) is 0 Å². The third-order valence-corrected chi connectivity index (χ3v) is 6.28. The summed E-state index contributed by atoms with van der Waals surface area (Å²) in [6.07, 6.45) is 7.66. The van der Waals surface area contributed by atoms with Gasteiger partial charge in [0.1, 0.15) is 5.60 Å². The molecule has 0 bridgehead atoms. The highest BCUT2D eigenvalue weighted by Crippen LogP contribution is 2.54. The highest BCUT2D eigenvalue weighted by Gasteiger charge is 2.69. The second-order valence-electron chi connectivity index (χ2n) is 7.34. The van der Waals surface area contributed by atoms with Gasteiger partial charge in [-0.25, -0.2) is 0 Å². The average molecular weight is 293 g/mol. The minimum absolute atomic E-state index is 0.0751. The Balaban J connectivity index is 1.99. The zero-order valence-electron chi connectivity index (χ0n) is 13.5. The van der Waals surface area contributed by atoms with Gasteiger partial charge >= 0.3 is 0 Å². The number of nitrogens with zero attached hydrogens (tertiary/aromatic N) is 1. The van der Waals surface area contributed by atoms with Crippen LogP contribution in [0.1, 0.15) is 46.5 Å². The van der Waals surface area contributed by atoms with Gasteiger partial charge in [0.15, 0.2) is 0 Å². The summed E-state index contributed by atoms with van der Waals surface area (Å²) in [4.78, 5) is 14.4. The lowest BCUT2D eigenvalue weighted by molar-refractivity contribution is -0.153. The van der Waals surface area contributed by atoms with Crippen molar-refractivity contribution < 1.29 is 14.6 Å². The number of likely N-dealkylation sites (N-methyl/N-ethyl adjacent to an activating group) is 1. The Morgan fingerprint density at radius 1 is 1.48 bits per heavy atom. The molecule has 118 valence electrons. The molecule has 4 heteroatoms. The molecule has 0 saturated carbocycles. The Morgan fingerprint density at radius 2 is 2.19 bits per heavy atom. The number of hydrogen-bond acceptors (Lipinski definition) is 3. The van der Waals surface area contributed by atoms with Crippen LogP contribution in [0.2, 0.25) is 0 Å². The van der Waals surface area contributed by atoms with E-state index in [9.17, 15) is 9.90 Å². The van der Waals surface area contributed by atoms with Crippen LogP contribution < -0.4 is 0 Å². The summed E-state index contributed by atoms with van der Waals surface area (Å²) in [5.41, 5.74) is -1.28. The van der Waals surface area contributed by atoms with Crippen molar-refractivity contribution in [3.05, 3.63) is 12.2 Å². The standard InChI is InChI=1S/C17H27NO3/c1-11-10-13-15(20)18(4)16(2,17(13,3)21-11)14(19)12-8-6-5-7-9-12/h6,8,11-14,19H,5,7,9-10H2,1-4H3/t11?,12-,13+,14+,16-,17+/m1/s1. The molecule has 2 aliphatic heterocycles. The van der Waals surface area contributed by atoms with Crippen LogP contribution in [0.15, 0.2) is 12.2 Å². The van der Waals surface area contributed by atoms with Crippen molar-refractivity contribution >= 4 is 5.91 Å². The first kappa shape index (κ1) is 15.0. The van der Waals surface area contributed by atoms with Crippen molar-refractivity contribution in [3.63, 3.8) is 0 Å². The molecule has 2 heterocycles. The maximum absolute atomic E-state index is 12.7. The largest absolute Gasteiger partial charge is 0.390 e. The molecular weight excluding hydrogens is 266 g/mol. The van der Waals surface area contributed by atoms with E-state index in [1.807, 2.05) is 27.8 Å². The number of aliphatic hydroxyl groups is 1. The molecule has 1 unspecified atom stereocenters. The van der Waals surface area contributed by atoms with Crippen molar-refractivity contribution in [1.29, 1.82) is 0 Å². The predicted molar refractivity (Wildman–Crippen MR) is 80.7 cm³/mol. The molecule has 3 rings (SSSR count). The van der Waals surface area contributed by atoms with E-state index in [0.29, 0.717) is 0 Å². The number of carbonyl (C=O) groups excluding carboxylic acids is 1. The number of carbonyl (C=O) groups is 1. The third kappa shape index (κ3) is 1.85. The SMILES string of the molecule is CC1C[C@H]2C(=O)N(C)[C@](C)([C@@H](O)[C@@H]3C=CCCC3)[C@@]2(C)O1. The fourth-order valence-corrected chi connectivity index (χ4v) is 4.72. The first-order chi connectivity index (χ1) is 9.82. The van der Waals surface area contributed by atoms with Crippen LogP contribution >= 0.6 is 0 Å². The van der Waals surface area contributed by atoms with Gasteiger partial charge in [0.25, 0.3) is 0 Å². The number of allylic oxidation sites excluding steroid dienone is 1. The fourth-order valence-electron chi connectivity index (χ4n) is 4.72. The van der Waals surface area contributed by atoms with Gasteiger partial charge in [-0.15, -0.1) is 0 Å². The smallest absolute Gasteiger partial charge is 0.229 e. The van der Waals surface area contributed by atoms with Gasteiger partial charge < -0.3 is 14.7 Å². The summed E-state index contributed by atoms with van der Waals surface area (Å²) in [5, 5.41) is 11.1. The Morgan fingerprint density at radius 3 is 2.81 bits per heavy atom. The van der Waals surface area contributed by atoms with Crippen LogP contribution in [0.25, 0.3) is 0 Å². The number of rotatable bonds is 2. The molecule has 0 aromatic carbocycles. The first-order valence-corrected chi connectivity index (χ1v) is 8.12. The highest BCUT2D eigenvalue weighted by atomic mass is 16.5. The first-order valence-electron chi connectivity index (χ1n) is 8.12. The summed E-state index contributed by atoms with van der Waals surface area (Å²) in [5.74, 6) is 0.0852. The molecule has 0 aromatic rings. The van der Waals surface area contributed by atoms with Gasteiger partial charge in [-0.3, -0.25) is 4.79 Å². The molecule has 1 N–H and O–H groups in total. The maximum Gasteiger partial charge on any atom is 0.229 e. The summed E-state index contributed by atoms with van der Waals surface area (Å²) < 4.78 is 6.19. The number of amides is 1. The van der Waals surface area contributed by atoms with E-state index in [4.69, 9.17) is 4.74 Å². The molecule has 1 aliphatic carbocycles. The Bertz CT molecular complexity index is 477. The van der Waals surface area contributed by atoms with E-state index in [1.165, 1.54) is 0 Å². The second-order valence-corrected chi connectivity index (χ2v) is 7.34. The molecule has 4 nitrogen and oxygen atoms in total. The van der Waals surface area contributed by atoms with Gasteiger partial charge in [-0.1, -0.05) is 12.2 Å². The molecule has 21 heavy (non-hydrogen) atoms. The summed E-state index contributed by atoms with van der Waals surface area (Å²) in [6.45, 7) is 6.03. The van der Waals surface area contributed by atoms with Crippen molar-refractivity contribution in [1.82, 2.24) is 4.90 Å². The number of hydrogen-bond donors (Lipinski definition) is 1. The van der Waals surface area contributed by atoms with E-state index < -0.39 is 17.2 Å². The third-order valence-electron chi connectivity index (χ3n) is 6.28. The molecule has 3 aliphatic rings.